The van der Waals surface area contributed by atoms with Crippen LogP contribution < -0.4 is 4.72 Å². The fraction of sp³-hybridized carbons (Fsp3) is 0.538. The Hall–Kier alpha value is -0.790. The third-order valence-electron chi connectivity index (χ3n) is 2.90. The number of rotatable bonds is 7. The lowest BCUT2D eigenvalue weighted by Gasteiger charge is -2.11. The number of sulfonamides is 1. The quantitative estimate of drug-likeness (QED) is 0.607. The van der Waals surface area contributed by atoms with E-state index in [1.54, 1.807) is 0 Å². The molecule has 0 saturated carbocycles. The summed E-state index contributed by atoms with van der Waals surface area (Å²) in [5.41, 5.74) is -0.985. The fourth-order valence-electron chi connectivity index (χ4n) is 1.66. The summed E-state index contributed by atoms with van der Waals surface area (Å²) >= 11 is 5.63. The Bertz CT molecular complexity index is 561. The van der Waals surface area contributed by atoms with Crippen LogP contribution in [0.1, 0.15) is 25.3 Å². The van der Waals surface area contributed by atoms with Crippen LogP contribution in [-0.2, 0) is 16.2 Å². The Morgan fingerprint density at radius 1 is 1.33 bits per heavy atom. The molecule has 1 unspecified atom stereocenters. The van der Waals surface area contributed by atoms with Gasteiger partial charge >= 0.3 is 6.18 Å². The molecule has 0 saturated heterocycles. The van der Waals surface area contributed by atoms with E-state index in [9.17, 15) is 21.6 Å². The van der Waals surface area contributed by atoms with Gasteiger partial charge in [0.25, 0.3) is 0 Å². The highest BCUT2D eigenvalue weighted by Gasteiger charge is 2.31. The molecule has 1 N–H and O–H groups in total. The van der Waals surface area contributed by atoms with E-state index >= 15 is 0 Å². The van der Waals surface area contributed by atoms with Crippen molar-refractivity contribution in [1.29, 1.82) is 0 Å². The van der Waals surface area contributed by atoms with Crippen LogP contribution in [0.4, 0.5) is 13.2 Å². The van der Waals surface area contributed by atoms with E-state index in [-0.39, 0.29) is 17.4 Å². The molecule has 0 fully saturated rings. The van der Waals surface area contributed by atoms with Gasteiger partial charge in [-0.25, -0.2) is 13.1 Å². The van der Waals surface area contributed by atoms with Gasteiger partial charge in [0, 0.05) is 12.4 Å². The number of nitrogens with one attached hydrogen (secondary N) is 1. The van der Waals surface area contributed by atoms with Crippen LogP contribution in [0.15, 0.2) is 29.2 Å². The Balaban J connectivity index is 2.71. The zero-order valence-corrected chi connectivity index (χ0v) is 13.0. The molecule has 0 aromatic heterocycles. The van der Waals surface area contributed by atoms with Gasteiger partial charge in [-0.05, 0) is 37.0 Å². The van der Waals surface area contributed by atoms with Gasteiger partial charge < -0.3 is 0 Å². The average molecular weight is 344 g/mol. The highest BCUT2D eigenvalue weighted by atomic mass is 35.5. The van der Waals surface area contributed by atoms with E-state index in [1.165, 1.54) is 0 Å². The molecule has 1 atom stereocenters. The molecule has 3 nitrogen and oxygen atoms in total. The normalized spacial score (nSPS) is 14.1. The molecule has 0 amide bonds. The van der Waals surface area contributed by atoms with Crippen LogP contribution in [0.5, 0.6) is 0 Å². The third-order valence-corrected chi connectivity index (χ3v) is 4.89. The van der Waals surface area contributed by atoms with Gasteiger partial charge in [-0.15, -0.1) is 11.6 Å². The van der Waals surface area contributed by atoms with E-state index in [0.29, 0.717) is 18.4 Å². The summed E-state index contributed by atoms with van der Waals surface area (Å²) in [7, 11) is -3.93. The van der Waals surface area contributed by atoms with Gasteiger partial charge in [0.15, 0.2) is 0 Å². The minimum atomic E-state index is -4.57. The number of alkyl halides is 4. The lowest BCUT2D eigenvalue weighted by molar-refractivity contribution is -0.137. The standard InChI is InChI=1S/C13H17ClF3NO2S/c1-10(9-14)4-3-7-18-21(19,20)12-6-2-5-11(8-12)13(15,16)17/h2,5-6,8,10,18H,3-4,7,9H2,1H3. The first-order valence-electron chi connectivity index (χ1n) is 6.39. The first-order chi connectivity index (χ1) is 9.66. The zero-order chi connectivity index (χ0) is 16.1. The Labute approximate surface area is 127 Å². The largest absolute Gasteiger partial charge is 0.416 e. The van der Waals surface area contributed by atoms with E-state index in [0.717, 1.165) is 24.6 Å². The average Bonchev–Trinajstić information content (AvgIpc) is 2.42. The molecule has 21 heavy (non-hydrogen) atoms. The maximum Gasteiger partial charge on any atom is 0.416 e. The number of hydrogen-bond donors (Lipinski definition) is 1. The summed E-state index contributed by atoms with van der Waals surface area (Å²) in [6.07, 6.45) is -3.25. The Morgan fingerprint density at radius 3 is 2.57 bits per heavy atom. The molecule has 120 valence electrons. The van der Waals surface area contributed by atoms with Crippen molar-refractivity contribution in [3.63, 3.8) is 0 Å². The van der Waals surface area contributed by atoms with Crippen LogP contribution in [0.3, 0.4) is 0 Å². The highest BCUT2D eigenvalue weighted by Crippen LogP contribution is 2.30. The predicted molar refractivity (Wildman–Crippen MR) is 75.8 cm³/mol. The highest BCUT2D eigenvalue weighted by molar-refractivity contribution is 7.89. The third kappa shape index (κ3) is 5.84. The van der Waals surface area contributed by atoms with Crippen molar-refractivity contribution >= 4 is 21.6 Å². The number of hydrogen-bond acceptors (Lipinski definition) is 2. The Morgan fingerprint density at radius 2 is 2.00 bits per heavy atom. The van der Waals surface area contributed by atoms with E-state index in [1.807, 2.05) is 6.92 Å². The molecule has 0 aliphatic rings. The van der Waals surface area contributed by atoms with Gasteiger partial charge in [0.1, 0.15) is 0 Å². The van der Waals surface area contributed by atoms with Gasteiger partial charge in [0.2, 0.25) is 10.0 Å². The summed E-state index contributed by atoms with van der Waals surface area (Å²) in [5, 5.41) is 0. The zero-order valence-electron chi connectivity index (χ0n) is 11.5. The molecule has 1 aromatic carbocycles. The van der Waals surface area contributed by atoms with Crippen molar-refractivity contribution in [1.82, 2.24) is 4.72 Å². The van der Waals surface area contributed by atoms with Crippen molar-refractivity contribution in [3.05, 3.63) is 29.8 Å². The van der Waals surface area contributed by atoms with Gasteiger partial charge in [-0.1, -0.05) is 13.0 Å². The number of halogens is 4. The summed E-state index contributed by atoms with van der Waals surface area (Å²) in [6.45, 7) is 2.11. The van der Waals surface area contributed by atoms with Crippen LogP contribution in [0.25, 0.3) is 0 Å². The minimum absolute atomic E-state index is 0.166. The van der Waals surface area contributed by atoms with Crippen LogP contribution >= 0.6 is 11.6 Å². The smallest absolute Gasteiger partial charge is 0.211 e. The molecular weight excluding hydrogens is 327 g/mol. The lowest BCUT2D eigenvalue weighted by Crippen LogP contribution is -2.25. The molecule has 0 bridgehead atoms. The fourth-order valence-corrected chi connectivity index (χ4v) is 2.93. The second-order valence-electron chi connectivity index (χ2n) is 4.83. The lowest BCUT2D eigenvalue weighted by atomic mass is 10.1. The van der Waals surface area contributed by atoms with Crippen molar-refractivity contribution < 1.29 is 21.6 Å². The predicted octanol–water partition coefficient (Wildman–Crippen LogP) is 3.64. The SMILES string of the molecule is CC(CCl)CCCNS(=O)(=O)c1cccc(C(F)(F)F)c1. The molecular formula is C13H17ClF3NO2S. The second kappa shape index (κ2) is 7.47. The summed E-state index contributed by atoms with van der Waals surface area (Å²) < 4.78 is 63.8. The van der Waals surface area contributed by atoms with E-state index < -0.39 is 21.8 Å². The molecule has 1 aromatic rings. The van der Waals surface area contributed by atoms with Crippen molar-refractivity contribution in [2.75, 3.05) is 12.4 Å². The maximum atomic E-state index is 12.6. The summed E-state index contributed by atoms with van der Waals surface area (Å²) in [5.74, 6) is 0.755. The first kappa shape index (κ1) is 18.3. The molecule has 8 heteroatoms. The monoisotopic (exact) mass is 343 g/mol. The molecule has 0 heterocycles. The van der Waals surface area contributed by atoms with Crippen LogP contribution in [-0.4, -0.2) is 20.8 Å². The van der Waals surface area contributed by atoms with E-state index in [4.69, 9.17) is 11.6 Å². The minimum Gasteiger partial charge on any atom is -0.211 e. The van der Waals surface area contributed by atoms with Crippen LogP contribution in [0.2, 0.25) is 0 Å². The number of benzene rings is 1. The van der Waals surface area contributed by atoms with Gasteiger partial charge in [0.05, 0.1) is 10.5 Å². The Kier molecular flexibility index (Phi) is 6.49. The van der Waals surface area contributed by atoms with Crippen molar-refractivity contribution in [2.24, 2.45) is 5.92 Å². The molecule has 0 radical (unpaired) electrons. The summed E-state index contributed by atoms with van der Waals surface area (Å²) in [6, 6.07) is 3.68. The first-order valence-corrected chi connectivity index (χ1v) is 8.41. The summed E-state index contributed by atoms with van der Waals surface area (Å²) in [4.78, 5) is -0.386. The molecule has 0 aliphatic carbocycles. The second-order valence-corrected chi connectivity index (χ2v) is 6.90. The molecule has 1 rings (SSSR count). The van der Waals surface area contributed by atoms with Gasteiger partial charge in [-0.3, -0.25) is 0 Å². The maximum absolute atomic E-state index is 12.6. The molecule has 0 spiro atoms. The van der Waals surface area contributed by atoms with Gasteiger partial charge in [-0.2, -0.15) is 13.2 Å². The van der Waals surface area contributed by atoms with Crippen molar-refractivity contribution in [2.45, 2.75) is 30.8 Å². The topological polar surface area (TPSA) is 46.2 Å². The van der Waals surface area contributed by atoms with Crippen molar-refractivity contribution in [3.8, 4) is 0 Å². The van der Waals surface area contributed by atoms with E-state index in [2.05, 4.69) is 4.72 Å². The molecule has 0 aliphatic heterocycles. The van der Waals surface area contributed by atoms with Crippen LogP contribution in [0, 0.1) is 5.92 Å².